The molecule has 0 bridgehead atoms. The van der Waals surface area contributed by atoms with Crippen molar-refractivity contribution in [3.8, 4) is 5.75 Å². The van der Waals surface area contributed by atoms with Crippen molar-refractivity contribution >= 4 is 0 Å². The number of pyridine rings is 1. The Bertz CT molecular complexity index is 421. The molecule has 0 aliphatic carbocycles. The quantitative estimate of drug-likeness (QED) is 0.795. The van der Waals surface area contributed by atoms with Crippen LogP contribution >= 0.6 is 0 Å². The third-order valence-corrected chi connectivity index (χ3v) is 3.92. The van der Waals surface area contributed by atoms with Crippen LogP contribution in [0.25, 0.3) is 0 Å². The molecule has 20 heavy (non-hydrogen) atoms. The van der Waals surface area contributed by atoms with Crippen LogP contribution in [0.2, 0.25) is 0 Å². The molecule has 0 radical (unpaired) electrons. The zero-order valence-electron chi connectivity index (χ0n) is 13.6. The second-order valence-electron chi connectivity index (χ2n) is 5.36. The number of methoxy groups -OCH3 is 2. The Labute approximate surface area is 122 Å². The summed E-state index contributed by atoms with van der Waals surface area (Å²) in [5.41, 5.74) is 3.34. The van der Waals surface area contributed by atoms with E-state index >= 15 is 0 Å². The number of nitrogens with one attached hydrogen (secondary N) is 1. The maximum atomic E-state index is 5.47. The summed E-state index contributed by atoms with van der Waals surface area (Å²) in [7, 11) is 5.48. The highest BCUT2D eigenvalue weighted by Gasteiger charge is 2.15. The van der Waals surface area contributed by atoms with E-state index in [4.69, 9.17) is 9.47 Å². The molecule has 1 rings (SSSR count). The van der Waals surface area contributed by atoms with E-state index < -0.39 is 0 Å². The maximum absolute atomic E-state index is 5.47. The van der Waals surface area contributed by atoms with E-state index in [9.17, 15) is 0 Å². The van der Waals surface area contributed by atoms with Crippen LogP contribution in [0.4, 0.5) is 0 Å². The van der Waals surface area contributed by atoms with E-state index in [1.807, 2.05) is 20.2 Å². The van der Waals surface area contributed by atoms with Gasteiger partial charge >= 0.3 is 0 Å². The molecule has 2 unspecified atom stereocenters. The van der Waals surface area contributed by atoms with Crippen molar-refractivity contribution in [2.75, 3.05) is 21.3 Å². The number of aromatic nitrogens is 1. The van der Waals surface area contributed by atoms with Gasteiger partial charge in [0.1, 0.15) is 5.75 Å². The third-order valence-electron chi connectivity index (χ3n) is 3.92. The molecular weight excluding hydrogens is 252 g/mol. The molecule has 0 aliphatic rings. The van der Waals surface area contributed by atoms with Crippen molar-refractivity contribution in [2.24, 2.45) is 0 Å². The summed E-state index contributed by atoms with van der Waals surface area (Å²) in [4.78, 5) is 4.57. The molecule has 114 valence electrons. The topological polar surface area (TPSA) is 43.4 Å². The molecule has 0 saturated carbocycles. The molecule has 4 heteroatoms. The molecule has 1 heterocycles. The van der Waals surface area contributed by atoms with Crippen LogP contribution < -0.4 is 10.1 Å². The highest BCUT2D eigenvalue weighted by molar-refractivity contribution is 5.41. The lowest BCUT2D eigenvalue weighted by Crippen LogP contribution is -2.29. The highest BCUT2D eigenvalue weighted by atomic mass is 16.5. The Morgan fingerprint density at radius 1 is 1.25 bits per heavy atom. The molecule has 1 aromatic heterocycles. The summed E-state index contributed by atoms with van der Waals surface area (Å²) in [6.07, 6.45) is 5.22. The number of hydrogen-bond acceptors (Lipinski definition) is 4. The van der Waals surface area contributed by atoms with Gasteiger partial charge in [-0.3, -0.25) is 4.98 Å². The summed E-state index contributed by atoms with van der Waals surface area (Å²) >= 11 is 0. The fraction of sp³-hybridized carbons (Fsp3) is 0.688. The molecule has 0 aliphatic heterocycles. The van der Waals surface area contributed by atoms with Crippen LogP contribution in [0.5, 0.6) is 5.75 Å². The van der Waals surface area contributed by atoms with E-state index in [2.05, 4.69) is 24.1 Å². The number of aryl methyl sites for hydroxylation is 1. The molecule has 0 spiro atoms. The van der Waals surface area contributed by atoms with Crippen molar-refractivity contribution in [3.63, 3.8) is 0 Å². The van der Waals surface area contributed by atoms with Gasteiger partial charge in [0.2, 0.25) is 0 Å². The first-order valence-corrected chi connectivity index (χ1v) is 7.22. The number of hydrogen-bond donors (Lipinski definition) is 1. The van der Waals surface area contributed by atoms with Crippen LogP contribution in [0, 0.1) is 13.8 Å². The molecule has 0 amide bonds. The summed E-state index contributed by atoms with van der Waals surface area (Å²) in [6.45, 7) is 6.21. The van der Waals surface area contributed by atoms with Crippen molar-refractivity contribution in [1.82, 2.24) is 10.3 Å². The van der Waals surface area contributed by atoms with Crippen molar-refractivity contribution < 1.29 is 9.47 Å². The van der Waals surface area contributed by atoms with Crippen LogP contribution in [0.1, 0.15) is 36.6 Å². The average molecular weight is 280 g/mol. The molecule has 4 nitrogen and oxygen atoms in total. The molecule has 0 aromatic carbocycles. The van der Waals surface area contributed by atoms with E-state index in [1.165, 1.54) is 0 Å². The highest BCUT2D eigenvalue weighted by Crippen LogP contribution is 2.25. The van der Waals surface area contributed by atoms with E-state index in [0.29, 0.717) is 12.1 Å². The van der Waals surface area contributed by atoms with Gasteiger partial charge in [-0.2, -0.15) is 0 Å². The number of rotatable bonds is 8. The van der Waals surface area contributed by atoms with Gasteiger partial charge in [0.25, 0.3) is 0 Å². The molecular formula is C16H28N2O2. The molecule has 0 fully saturated rings. The van der Waals surface area contributed by atoms with Crippen LogP contribution in [-0.4, -0.2) is 38.4 Å². The van der Waals surface area contributed by atoms with E-state index in [1.54, 1.807) is 14.2 Å². The molecule has 1 N–H and O–H groups in total. The first kappa shape index (κ1) is 16.9. The van der Waals surface area contributed by atoms with Gasteiger partial charge in [-0.25, -0.2) is 0 Å². The standard InChI is InChI=1S/C16H28N2O2/c1-11-10-18-15(13(3)16(11)20-6)9-14(17-4)8-7-12(2)19-5/h10,12,14,17H,7-9H2,1-6H3. The molecule has 1 aromatic rings. The van der Waals surface area contributed by atoms with E-state index in [0.717, 1.165) is 41.8 Å². The second-order valence-corrected chi connectivity index (χ2v) is 5.36. The van der Waals surface area contributed by atoms with Gasteiger partial charge in [-0.1, -0.05) is 0 Å². The van der Waals surface area contributed by atoms with Gasteiger partial charge in [-0.05, 0) is 40.7 Å². The largest absolute Gasteiger partial charge is 0.496 e. The molecule has 0 saturated heterocycles. The zero-order chi connectivity index (χ0) is 15.1. The number of nitrogens with zero attached hydrogens (tertiary/aromatic N) is 1. The Kier molecular flexibility index (Phi) is 6.96. The van der Waals surface area contributed by atoms with Crippen LogP contribution in [0.3, 0.4) is 0 Å². The van der Waals surface area contributed by atoms with E-state index in [-0.39, 0.29) is 0 Å². The lowest BCUT2D eigenvalue weighted by atomic mass is 10.00. The van der Waals surface area contributed by atoms with Gasteiger partial charge in [0, 0.05) is 42.6 Å². The summed E-state index contributed by atoms with van der Waals surface area (Å²) in [6, 6.07) is 0.409. The minimum absolute atomic E-state index is 0.299. The first-order valence-electron chi connectivity index (χ1n) is 7.22. The lowest BCUT2D eigenvalue weighted by molar-refractivity contribution is 0.106. The predicted molar refractivity (Wildman–Crippen MR) is 82.5 cm³/mol. The fourth-order valence-electron chi connectivity index (χ4n) is 2.41. The maximum Gasteiger partial charge on any atom is 0.128 e. The van der Waals surface area contributed by atoms with Gasteiger partial charge in [0.15, 0.2) is 0 Å². The number of likely N-dealkylation sites (N-methyl/N-ethyl adjacent to an activating group) is 1. The smallest absolute Gasteiger partial charge is 0.128 e. The lowest BCUT2D eigenvalue weighted by Gasteiger charge is -2.20. The van der Waals surface area contributed by atoms with Gasteiger partial charge < -0.3 is 14.8 Å². The number of ether oxygens (including phenoxy) is 2. The first-order chi connectivity index (χ1) is 9.53. The Balaban J connectivity index is 2.75. The van der Waals surface area contributed by atoms with Crippen molar-refractivity contribution in [1.29, 1.82) is 0 Å². The van der Waals surface area contributed by atoms with Crippen molar-refractivity contribution in [2.45, 2.75) is 52.2 Å². The normalized spacial score (nSPS) is 14.1. The summed E-state index contributed by atoms with van der Waals surface area (Å²) in [5, 5.41) is 3.37. The SMILES string of the molecule is CNC(CCC(C)OC)Cc1ncc(C)c(OC)c1C. The van der Waals surface area contributed by atoms with Gasteiger partial charge in [0.05, 0.1) is 13.2 Å². The Morgan fingerprint density at radius 3 is 2.50 bits per heavy atom. The third kappa shape index (κ3) is 4.46. The Hall–Kier alpha value is -1.13. The Morgan fingerprint density at radius 2 is 1.95 bits per heavy atom. The second kappa shape index (κ2) is 8.22. The monoisotopic (exact) mass is 280 g/mol. The zero-order valence-corrected chi connectivity index (χ0v) is 13.6. The molecule has 2 atom stereocenters. The minimum Gasteiger partial charge on any atom is -0.496 e. The summed E-state index contributed by atoms with van der Waals surface area (Å²) in [5.74, 6) is 0.954. The average Bonchev–Trinajstić information content (AvgIpc) is 2.45. The van der Waals surface area contributed by atoms with Crippen LogP contribution in [-0.2, 0) is 11.2 Å². The fourth-order valence-corrected chi connectivity index (χ4v) is 2.41. The minimum atomic E-state index is 0.299. The predicted octanol–water partition coefficient (Wildman–Crippen LogP) is 2.65. The van der Waals surface area contributed by atoms with Crippen LogP contribution in [0.15, 0.2) is 6.20 Å². The summed E-state index contributed by atoms with van der Waals surface area (Å²) < 4.78 is 10.8. The van der Waals surface area contributed by atoms with Gasteiger partial charge in [-0.15, -0.1) is 0 Å². The van der Waals surface area contributed by atoms with Crippen molar-refractivity contribution in [3.05, 3.63) is 23.0 Å².